The van der Waals surface area contributed by atoms with E-state index in [2.05, 4.69) is 39.5 Å². The van der Waals surface area contributed by atoms with Gasteiger partial charge in [-0.3, -0.25) is 9.59 Å². The number of rotatable bonds is 2. The van der Waals surface area contributed by atoms with Crippen LogP contribution < -0.4 is 0 Å². The first-order chi connectivity index (χ1) is 11.6. The Morgan fingerprint density at radius 3 is 2.32 bits per heavy atom. The van der Waals surface area contributed by atoms with Gasteiger partial charge in [0.2, 0.25) is 0 Å². The number of carbonyl (C=O) groups is 2. The largest absolute Gasteiger partial charge is 0.462 e. The molecular weight excluding hydrogens is 312 g/mol. The number of hydrogen-bond donors (Lipinski definition) is 0. The van der Waals surface area contributed by atoms with E-state index < -0.39 is 0 Å². The Balaban J connectivity index is 2.37. The van der Waals surface area contributed by atoms with Crippen molar-refractivity contribution in [1.82, 2.24) is 0 Å². The van der Waals surface area contributed by atoms with Crippen LogP contribution in [0, 0.1) is 17.3 Å². The van der Waals surface area contributed by atoms with Crippen LogP contribution in [0.15, 0.2) is 35.5 Å². The van der Waals surface area contributed by atoms with Crippen molar-refractivity contribution >= 4 is 11.8 Å². The molecule has 0 N–H and O–H groups in total. The molecule has 0 radical (unpaired) electrons. The van der Waals surface area contributed by atoms with Gasteiger partial charge in [0, 0.05) is 31.6 Å². The molecule has 0 unspecified atom stereocenters. The van der Waals surface area contributed by atoms with E-state index in [0.717, 1.165) is 31.3 Å². The number of ether oxygens (including phenoxy) is 1. The lowest BCUT2D eigenvalue weighted by atomic mass is 9.71. The van der Waals surface area contributed by atoms with Gasteiger partial charge >= 0.3 is 5.97 Å². The van der Waals surface area contributed by atoms with E-state index in [9.17, 15) is 9.59 Å². The predicted octanol–water partition coefficient (Wildman–Crippen LogP) is 5.17. The van der Waals surface area contributed by atoms with E-state index in [0.29, 0.717) is 18.1 Å². The van der Waals surface area contributed by atoms with Crippen molar-refractivity contribution in [3.8, 4) is 0 Å². The molecule has 0 aromatic rings. The van der Waals surface area contributed by atoms with Crippen molar-refractivity contribution in [3.05, 3.63) is 35.5 Å². The molecule has 0 saturated heterocycles. The Morgan fingerprint density at radius 1 is 1.16 bits per heavy atom. The molecule has 2 aliphatic rings. The zero-order valence-corrected chi connectivity index (χ0v) is 16.4. The van der Waals surface area contributed by atoms with Gasteiger partial charge in [0.1, 0.15) is 11.9 Å². The second-order valence-corrected chi connectivity index (χ2v) is 8.28. The summed E-state index contributed by atoms with van der Waals surface area (Å²) in [5, 5.41) is 0. The van der Waals surface area contributed by atoms with E-state index in [1.54, 1.807) is 0 Å². The van der Waals surface area contributed by atoms with Crippen LogP contribution in [-0.4, -0.2) is 17.9 Å². The molecule has 0 heterocycles. The third-order valence-electron chi connectivity index (χ3n) is 6.01. The number of fused-ring (bicyclic) bond motifs is 1. The predicted molar refractivity (Wildman–Crippen MR) is 101 cm³/mol. The first kappa shape index (κ1) is 19.7. The lowest BCUT2D eigenvalue weighted by Gasteiger charge is -2.32. The highest BCUT2D eigenvalue weighted by Gasteiger charge is 2.50. The Labute approximate surface area is 152 Å². The first-order valence-corrected chi connectivity index (χ1v) is 9.30. The van der Waals surface area contributed by atoms with Gasteiger partial charge in [-0.2, -0.15) is 0 Å². The van der Waals surface area contributed by atoms with Crippen molar-refractivity contribution in [3.63, 3.8) is 0 Å². The van der Waals surface area contributed by atoms with Crippen molar-refractivity contribution in [2.24, 2.45) is 17.3 Å². The molecule has 1 saturated carbocycles. The maximum Gasteiger partial charge on any atom is 0.302 e. The summed E-state index contributed by atoms with van der Waals surface area (Å²) in [4.78, 5) is 24.2. The van der Waals surface area contributed by atoms with Crippen LogP contribution in [0.4, 0.5) is 0 Å². The summed E-state index contributed by atoms with van der Waals surface area (Å²) < 4.78 is 5.50. The van der Waals surface area contributed by atoms with E-state index >= 15 is 0 Å². The van der Waals surface area contributed by atoms with Gasteiger partial charge in [-0.05, 0) is 45.4 Å². The second kappa shape index (κ2) is 7.72. The molecule has 25 heavy (non-hydrogen) atoms. The zero-order chi connectivity index (χ0) is 18.8. The summed E-state index contributed by atoms with van der Waals surface area (Å²) in [5.41, 5.74) is 3.19. The smallest absolute Gasteiger partial charge is 0.302 e. The maximum absolute atomic E-state index is 12.8. The normalized spacial score (nSPS) is 33.6. The monoisotopic (exact) mass is 344 g/mol. The number of esters is 1. The van der Waals surface area contributed by atoms with Crippen molar-refractivity contribution in [2.45, 2.75) is 72.8 Å². The Hall–Kier alpha value is -1.64. The Kier molecular flexibility index (Phi) is 6.08. The maximum atomic E-state index is 12.8. The third kappa shape index (κ3) is 4.50. The molecule has 0 spiro atoms. The van der Waals surface area contributed by atoms with Crippen LogP contribution in [0.1, 0.15) is 66.7 Å². The zero-order valence-electron chi connectivity index (χ0n) is 16.4. The molecule has 0 aliphatic heterocycles. The number of ketones is 1. The lowest BCUT2D eigenvalue weighted by Crippen LogP contribution is -2.30. The number of carbonyl (C=O) groups excluding carboxylic acids is 2. The van der Waals surface area contributed by atoms with Gasteiger partial charge in [0.15, 0.2) is 0 Å². The Bertz CT molecular complexity index is 625. The van der Waals surface area contributed by atoms with E-state index in [-0.39, 0.29) is 23.4 Å². The summed E-state index contributed by atoms with van der Waals surface area (Å²) in [7, 11) is 0. The molecule has 0 amide bonds. The van der Waals surface area contributed by atoms with Gasteiger partial charge in [-0.25, -0.2) is 0 Å². The molecule has 4 atom stereocenters. The minimum Gasteiger partial charge on any atom is -0.462 e. The standard InChI is InChI=1S/C22H32O3/c1-14(2)19-13-21(24)22(6)10-9-16(4)12-18(25-17(5)23)11-15(3)7-8-20(19)22/h7,9,18-20H,1,8,10-13H2,2-6H3/t18-,19-,20+,22-/m1/s1. The van der Waals surface area contributed by atoms with Gasteiger partial charge in [0.25, 0.3) is 0 Å². The summed E-state index contributed by atoms with van der Waals surface area (Å²) in [5.74, 6) is 0.681. The minimum absolute atomic E-state index is 0.122. The molecule has 3 heteroatoms. The summed E-state index contributed by atoms with van der Waals surface area (Å²) in [6.07, 6.45) is 8.04. The molecule has 0 bridgehead atoms. The number of Topliss-reactive ketones (excluding diaryl/α,β-unsaturated/α-hetero) is 1. The quantitative estimate of drug-likeness (QED) is 0.512. The van der Waals surface area contributed by atoms with Crippen molar-refractivity contribution in [2.75, 3.05) is 0 Å². The van der Waals surface area contributed by atoms with Crippen LogP contribution in [0.2, 0.25) is 0 Å². The van der Waals surface area contributed by atoms with Crippen LogP contribution in [0.3, 0.4) is 0 Å². The number of hydrogen-bond acceptors (Lipinski definition) is 3. The van der Waals surface area contributed by atoms with E-state index in [1.807, 2.05) is 6.92 Å². The SMILES string of the molecule is C=C(C)[C@H]1CC(=O)[C@]2(C)CC=C(C)C[C@H](OC(C)=O)CC(C)=CC[C@@H]12. The van der Waals surface area contributed by atoms with Crippen LogP contribution in [-0.2, 0) is 14.3 Å². The molecule has 2 aliphatic carbocycles. The van der Waals surface area contributed by atoms with Crippen molar-refractivity contribution < 1.29 is 14.3 Å². The molecular formula is C22H32O3. The molecule has 0 aromatic carbocycles. The topological polar surface area (TPSA) is 43.4 Å². The minimum atomic E-state index is -0.330. The summed E-state index contributed by atoms with van der Waals surface area (Å²) in [6.45, 7) is 13.9. The fourth-order valence-corrected chi connectivity index (χ4v) is 4.42. The highest BCUT2D eigenvalue weighted by molar-refractivity contribution is 5.88. The van der Waals surface area contributed by atoms with Crippen molar-refractivity contribution in [1.29, 1.82) is 0 Å². The average molecular weight is 344 g/mol. The third-order valence-corrected chi connectivity index (χ3v) is 6.01. The van der Waals surface area contributed by atoms with Crippen LogP contribution in [0.5, 0.6) is 0 Å². The first-order valence-electron chi connectivity index (χ1n) is 9.30. The average Bonchev–Trinajstić information content (AvgIpc) is 2.73. The van der Waals surface area contributed by atoms with Gasteiger partial charge in [0.05, 0.1) is 0 Å². The van der Waals surface area contributed by atoms with Gasteiger partial charge < -0.3 is 4.74 Å². The fourth-order valence-electron chi connectivity index (χ4n) is 4.42. The van der Waals surface area contributed by atoms with Crippen LogP contribution >= 0.6 is 0 Å². The highest BCUT2D eigenvalue weighted by Crippen LogP contribution is 2.51. The molecule has 3 nitrogen and oxygen atoms in total. The summed E-state index contributed by atoms with van der Waals surface area (Å²) in [6, 6.07) is 0. The highest BCUT2D eigenvalue weighted by atomic mass is 16.5. The van der Waals surface area contributed by atoms with Gasteiger partial charge in [-0.15, -0.1) is 0 Å². The van der Waals surface area contributed by atoms with E-state index in [1.165, 1.54) is 18.1 Å². The Morgan fingerprint density at radius 2 is 1.76 bits per heavy atom. The molecule has 2 rings (SSSR count). The van der Waals surface area contributed by atoms with Gasteiger partial charge in [-0.1, -0.05) is 42.4 Å². The molecule has 138 valence electrons. The fraction of sp³-hybridized carbons (Fsp3) is 0.636. The summed E-state index contributed by atoms with van der Waals surface area (Å²) >= 11 is 0. The second-order valence-electron chi connectivity index (χ2n) is 8.28. The van der Waals surface area contributed by atoms with E-state index in [4.69, 9.17) is 4.74 Å². The molecule has 1 fully saturated rings. The number of allylic oxidation sites excluding steroid dienone is 3. The molecule has 0 aromatic heterocycles. The van der Waals surface area contributed by atoms with Crippen LogP contribution in [0.25, 0.3) is 0 Å². The lowest BCUT2D eigenvalue weighted by molar-refractivity contribution is -0.146.